The average Bonchev–Trinajstić information content (AvgIpc) is 2.99. The minimum atomic E-state index is -0.621. The molecule has 4 aromatic rings. The van der Waals surface area contributed by atoms with Crippen LogP contribution in [0.5, 0.6) is 0 Å². The molecule has 0 bridgehead atoms. The number of nitrogens with one attached hydrogen (secondary N) is 2. The lowest BCUT2D eigenvalue weighted by atomic mass is 10.0. The normalized spacial score (nSPS) is 17.4. The Hall–Kier alpha value is -4.21. The molecule has 1 saturated heterocycles. The van der Waals surface area contributed by atoms with Crippen LogP contribution >= 0.6 is 0 Å². The molecule has 0 saturated carbocycles. The number of benzene rings is 2. The van der Waals surface area contributed by atoms with E-state index in [1.54, 1.807) is 23.4 Å². The van der Waals surface area contributed by atoms with Gasteiger partial charge in [-0.25, -0.2) is 19.3 Å². The number of aromatic nitrogens is 3. The van der Waals surface area contributed by atoms with Gasteiger partial charge in [-0.3, -0.25) is 9.69 Å². The average molecular weight is 539 g/mol. The minimum absolute atomic E-state index is 0.00876. The SMILES string of the molecule is Cc1cccc2ccnc(N(C(=O)c3ccc(Nc4nccc(C5=CCOCC5)n4)cc3F)[C@@H]3CCCNC3)c12. The Labute approximate surface area is 232 Å². The Kier molecular flexibility index (Phi) is 7.48. The van der Waals surface area contributed by atoms with Gasteiger partial charge in [-0.15, -0.1) is 0 Å². The van der Waals surface area contributed by atoms with Gasteiger partial charge in [-0.05, 0) is 79.6 Å². The maximum Gasteiger partial charge on any atom is 0.262 e. The predicted octanol–water partition coefficient (Wildman–Crippen LogP) is 5.42. The third kappa shape index (κ3) is 5.30. The van der Waals surface area contributed by atoms with Crippen LogP contribution in [0, 0.1) is 12.7 Å². The number of pyridine rings is 1. The van der Waals surface area contributed by atoms with Gasteiger partial charge in [0, 0.05) is 30.0 Å². The lowest BCUT2D eigenvalue weighted by Gasteiger charge is -2.35. The van der Waals surface area contributed by atoms with E-state index < -0.39 is 11.7 Å². The number of nitrogens with zero attached hydrogens (tertiary/aromatic N) is 4. The number of amides is 1. The van der Waals surface area contributed by atoms with E-state index in [4.69, 9.17) is 4.74 Å². The van der Waals surface area contributed by atoms with Gasteiger partial charge in [0.25, 0.3) is 5.91 Å². The number of aryl methyl sites for hydroxylation is 1. The fraction of sp³-hybridized carbons (Fsp3) is 0.290. The number of fused-ring (bicyclic) bond motifs is 1. The highest BCUT2D eigenvalue weighted by Crippen LogP contribution is 2.32. The lowest BCUT2D eigenvalue weighted by molar-refractivity contribution is 0.0968. The van der Waals surface area contributed by atoms with Crippen molar-refractivity contribution in [2.24, 2.45) is 0 Å². The number of ether oxygens (including phenoxy) is 1. The van der Waals surface area contributed by atoms with Gasteiger partial charge in [0.15, 0.2) is 0 Å². The molecule has 204 valence electrons. The summed E-state index contributed by atoms with van der Waals surface area (Å²) >= 11 is 0. The van der Waals surface area contributed by atoms with Crippen LogP contribution in [-0.4, -0.2) is 53.2 Å². The Morgan fingerprint density at radius 2 is 2.05 bits per heavy atom. The minimum Gasteiger partial charge on any atom is -0.377 e. The molecule has 1 fully saturated rings. The van der Waals surface area contributed by atoms with Crippen LogP contribution in [0.1, 0.15) is 40.9 Å². The summed E-state index contributed by atoms with van der Waals surface area (Å²) in [5, 5.41) is 8.35. The number of halogens is 1. The second kappa shape index (κ2) is 11.5. The highest BCUT2D eigenvalue weighted by molar-refractivity contribution is 6.11. The van der Waals surface area contributed by atoms with Crippen molar-refractivity contribution >= 4 is 39.7 Å². The van der Waals surface area contributed by atoms with Crippen molar-refractivity contribution in [3.05, 3.63) is 89.6 Å². The molecule has 2 aromatic carbocycles. The van der Waals surface area contributed by atoms with Crippen LogP contribution in [0.25, 0.3) is 16.3 Å². The quantitative estimate of drug-likeness (QED) is 0.339. The molecular formula is C31H31FN6O2. The van der Waals surface area contributed by atoms with E-state index in [1.165, 1.54) is 12.1 Å². The van der Waals surface area contributed by atoms with E-state index in [-0.39, 0.29) is 11.6 Å². The third-order valence-electron chi connectivity index (χ3n) is 7.47. The van der Waals surface area contributed by atoms with Gasteiger partial charge in [0.05, 0.1) is 30.5 Å². The summed E-state index contributed by atoms with van der Waals surface area (Å²) in [4.78, 5) is 29.3. The van der Waals surface area contributed by atoms with Crippen molar-refractivity contribution in [2.75, 3.05) is 36.5 Å². The zero-order chi connectivity index (χ0) is 27.5. The van der Waals surface area contributed by atoms with Crippen LogP contribution in [0.15, 0.2) is 67.0 Å². The second-order valence-corrected chi connectivity index (χ2v) is 10.1. The van der Waals surface area contributed by atoms with Gasteiger partial charge in [0.1, 0.15) is 11.6 Å². The number of carbonyl (C=O) groups excluding carboxylic acids is 1. The summed E-state index contributed by atoms with van der Waals surface area (Å²) in [5.41, 5.74) is 3.37. The van der Waals surface area contributed by atoms with E-state index in [9.17, 15) is 4.79 Å². The summed E-state index contributed by atoms with van der Waals surface area (Å²) in [7, 11) is 0. The van der Waals surface area contributed by atoms with E-state index in [0.29, 0.717) is 37.2 Å². The molecule has 1 amide bonds. The number of anilines is 3. The second-order valence-electron chi connectivity index (χ2n) is 10.1. The fourth-order valence-electron chi connectivity index (χ4n) is 5.44. The van der Waals surface area contributed by atoms with E-state index in [0.717, 1.165) is 53.4 Å². The first-order valence-electron chi connectivity index (χ1n) is 13.6. The van der Waals surface area contributed by atoms with Crippen LogP contribution in [0.3, 0.4) is 0 Å². The van der Waals surface area contributed by atoms with Crippen LogP contribution in [0.4, 0.5) is 21.8 Å². The molecule has 0 unspecified atom stereocenters. The van der Waals surface area contributed by atoms with Gasteiger partial charge in [-0.1, -0.05) is 24.3 Å². The zero-order valence-electron chi connectivity index (χ0n) is 22.4. The molecule has 0 radical (unpaired) electrons. The Morgan fingerprint density at radius 1 is 1.15 bits per heavy atom. The molecule has 6 rings (SSSR count). The Bertz CT molecular complexity index is 1580. The third-order valence-corrected chi connectivity index (χ3v) is 7.47. The van der Waals surface area contributed by atoms with Gasteiger partial charge in [-0.2, -0.15) is 0 Å². The Balaban J connectivity index is 1.31. The van der Waals surface area contributed by atoms with Crippen molar-refractivity contribution < 1.29 is 13.9 Å². The van der Waals surface area contributed by atoms with Crippen LogP contribution in [-0.2, 0) is 4.74 Å². The van der Waals surface area contributed by atoms with Crippen molar-refractivity contribution in [3.63, 3.8) is 0 Å². The summed E-state index contributed by atoms with van der Waals surface area (Å²) in [6, 6.07) is 14.2. The van der Waals surface area contributed by atoms with Crippen molar-refractivity contribution in [2.45, 2.75) is 32.2 Å². The molecule has 4 heterocycles. The highest BCUT2D eigenvalue weighted by atomic mass is 19.1. The van der Waals surface area contributed by atoms with Crippen molar-refractivity contribution in [3.8, 4) is 0 Å². The highest BCUT2D eigenvalue weighted by Gasteiger charge is 2.31. The lowest BCUT2D eigenvalue weighted by Crippen LogP contribution is -2.49. The summed E-state index contributed by atoms with van der Waals surface area (Å²) in [6.07, 6.45) is 7.90. The molecule has 2 aromatic heterocycles. The number of hydrogen-bond acceptors (Lipinski definition) is 7. The molecule has 1 atom stereocenters. The smallest absolute Gasteiger partial charge is 0.262 e. The molecule has 9 heteroatoms. The molecule has 2 aliphatic heterocycles. The molecular weight excluding hydrogens is 507 g/mol. The molecule has 0 spiro atoms. The van der Waals surface area contributed by atoms with E-state index >= 15 is 4.39 Å². The molecule has 2 aliphatic rings. The first kappa shape index (κ1) is 26.0. The molecule has 2 N–H and O–H groups in total. The fourth-order valence-corrected chi connectivity index (χ4v) is 5.44. The number of hydrogen-bond donors (Lipinski definition) is 2. The summed E-state index contributed by atoms with van der Waals surface area (Å²) < 4.78 is 21.0. The Morgan fingerprint density at radius 3 is 2.85 bits per heavy atom. The van der Waals surface area contributed by atoms with Crippen molar-refractivity contribution in [1.29, 1.82) is 0 Å². The van der Waals surface area contributed by atoms with E-state index in [2.05, 4.69) is 25.6 Å². The number of piperidine rings is 1. The standard InChI is InChI=1S/C31H31FN6O2/c1-20-4-2-5-22-9-14-34-29(28(20)22)38(24-6-3-13-33-19-24)30(39)25-8-7-23(18-26(25)32)36-31-35-15-10-27(37-31)21-11-16-40-17-12-21/h2,4-5,7-11,14-15,18,24,33H,3,6,12-13,16-17,19H2,1H3,(H,35,36,37)/t24-/m1/s1. The summed E-state index contributed by atoms with van der Waals surface area (Å²) in [6.45, 7) is 4.73. The number of rotatable bonds is 6. The van der Waals surface area contributed by atoms with Gasteiger partial charge >= 0.3 is 0 Å². The first-order valence-corrected chi connectivity index (χ1v) is 13.6. The molecule has 8 nitrogen and oxygen atoms in total. The summed E-state index contributed by atoms with van der Waals surface area (Å²) in [5.74, 6) is -0.119. The van der Waals surface area contributed by atoms with E-state index in [1.807, 2.05) is 43.3 Å². The van der Waals surface area contributed by atoms with Gasteiger partial charge < -0.3 is 15.4 Å². The number of carbonyl (C=O) groups is 1. The molecule has 40 heavy (non-hydrogen) atoms. The maximum atomic E-state index is 15.6. The molecule has 0 aliphatic carbocycles. The topological polar surface area (TPSA) is 92.3 Å². The largest absolute Gasteiger partial charge is 0.377 e. The van der Waals surface area contributed by atoms with Crippen molar-refractivity contribution in [1.82, 2.24) is 20.3 Å². The first-order chi connectivity index (χ1) is 19.6. The van der Waals surface area contributed by atoms with Gasteiger partial charge in [0.2, 0.25) is 5.95 Å². The van der Waals surface area contributed by atoms with Crippen LogP contribution in [0.2, 0.25) is 0 Å². The zero-order valence-corrected chi connectivity index (χ0v) is 22.4. The van der Waals surface area contributed by atoms with Crippen LogP contribution < -0.4 is 15.5 Å². The maximum absolute atomic E-state index is 15.6. The monoisotopic (exact) mass is 538 g/mol. The predicted molar refractivity (Wildman–Crippen MR) is 154 cm³/mol.